The van der Waals surface area contributed by atoms with Crippen LogP contribution in [-0.4, -0.2) is 43.1 Å². The van der Waals surface area contributed by atoms with E-state index in [-0.39, 0.29) is 17.1 Å². The van der Waals surface area contributed by atoms with Crippen molar-refractivity contribution >= 4 is 5.97 Å². The molecule has 3 nitrogen and oxygen atoms in total. The van der Waals surface area contributed by atoms with E-state index in [1.807, 2.05) is 27.7 Å². The van der Waals surface area contributed by atoms with Gasteiger partial charge in [0.1, 0.15) is 5.75 Å². The highest BCUT2D eigenvalue weighted by molar-refractivity contribution is 5.71. The first kappa shape index (κ1) is 27.9. The Morgan fingerprint density at radius 1 is 0.875 bits per heavy atom. The molecule has 0 saturated heterocycles. The molecule has 32 heavy (non-hydrogen) atoms. The lowest BCUT2D eigenvalue weighted by Gasteiger charge is -2.33. The Bertz CT molecular complexity index is 766. The molecule has 12 heteroatoms. The number of benzene rings is 1. The second-order valence-electron chi connectivity index (χ2n) is 8.27. The highest BCUT2D eigenvalue weighted by Crippen LogP contribution is 2.53. The third-order valence-corrected chi connectivity index (χ3v) is 4.92. The Hall–Kier alpha value is -2.14. The molecule has 0 saturated carbocycles. The van der Waals surface area contributed by atoms with E-state index in [9.17, 15) is 44.3 Å². The third kappa shape index (κ3) is 6.22. The van der Waals surface area contributed by atoms with E-state index in [1.54, 1.807) is 12.1 Å². The molecule has 0 aromatic heterocycles. The molecule has 0 heterocycles. The fraction of sp³-hybridized carbons (Fsp3) is 0.650. The first-order valence-corrected chi connectivity index (χ1v) is 9.32. The lowest BCUT2D eigenvalue weighted by molar-refractivity contribution is -0.397. The summed E-state index contributed by atoms with van der Waals surface area (Å²) < 4.78 is 124. The molecular formula is C20H23F9O3. The quantitative estimate of drug-likeness (QED) is 0.293. The van der Waals surface area contributed by atoms with Crippen molar-refractivity contribution in [3.63, 3.8) is 0 Å². The summed E-state index contributed by atoms with van der Waals surface area (Å²) in [5, 5.41) is 0. The van der Waals surface area contributed by atoms with Gasteiger partial charge in [0.05, 0.1) is 13.0 Å². The van der Waals surface area contributed by atoms with E-state index < -0.39 is 49.5 Å². The molecule has 1 aromatic carbocycles. The van der Waals surface area contributed by atoms with Crippen molar-refractivity contribution < 1.29 is 53.8 Å². The largest absolute Gasteiger partial charge is 0.482 e. The molecule has 0 aliphatic carbocycles. The van der Waals surface area contributed by atoms with Gasteiger partial charge in [-0.05, 0) is 29.0 Å². The van der Waals surface area contributed by atoms with Crippen LogP contribution in [0, 0.1) is 5.41 Å². The zero-order valence-electron chi connectivity index (χ0n) is 17.6. The molecule has 184 valence electrons. The molecule has 1 aromatic rings. The number of ether oxygens (including phenoxy) is 2. The number of carbonyl (C=O) groups is 1. The van der Waals surface area contributed by atoms with Crippen LogP contribution in [0.4, 0.5) is 39.5 Å². The van der Waals surface area contributed by atoms with Gasteiger partial charge in [0.15, 0.2) is 6.61 Å². The van der Waals surface area contributed by atoms with E-state index in [1.165, 1.54) is 12.1 Å². The van der Waals surface area contributed by atoms with Crippen molar-refractivity contribution in [3.05, 3.63) is 29.8 Å². The monoisotopic (exact) mass is 482 g/mol. The SMILES string of the molecule is CC(c1ccc(OCC(=O)OCCC(F)(F)C(F)(F)C(F)(F)C(F)(F)F)cc1)C(C)(C)C. The van der Waals surface area contributed by atoms with Crippen LogP contribution >= 0.6 is 0 Å². The van der Waals surface area contributed by atoms with Gasteiger partial charge < -0.3 is 9.47 Å². The summed E-state index contributed by atoms with van der Waals surface area (Å²) in [6.45, 7) is 5.79. The number of alkyl halides is 9. The molecular weight excluding hydrogens is 459 g/mol. The molecule has 0 aliphatic heterocycles. The molecule has 0 spiro atoms. The van der Waals surface area contributed by atoms with Crippen molar-refractivity contribution in [3.8, 4) is 5.75 Å². The van der Waals surface area contributed by atoms with Crippen molar-refractivity contribution in [1.82, 2.24) is 0 Å². The number of esters is 1. The summed E-state index contributed by atoms with van der Waals surface area (Å²) in [4.78, 5) is 11.5. The Balaban J connectivity index is 2.60. The maximum Gasteiger partial charge on any atom is 0.460 e. The van der Waals surface area contributed by atoms with Crippen LogP contribution in [0.15, 0.2) is 24.3 Å². The Morgan fingerprint density at radius 2 is 1.38 bits per heavy atom. The van der Waals surface area contributed by atoms with Gasteiger partial charge in [-0.3, -0.25) is 0 Å². The first-order valence-electron chi connectivity index (χ1n) is 9.32. The van der Waals surface area contributed by atoms with E-state index >= 15 is 0 Å². The van der Waals surface area contributed by atoms with E-state index in [4.69, 9.17) is 4.74 Å². The van der Waals surface area contributed by atoms with Crippen molar-refractivity contribution in [1.29, 1.82) is 0 Å². The average molecular weight is 482 g/mol. The van der Waals surface area contributed by atoms with Gasteiger partial charge >= 0.3 is 29.9 Å². The van der Waals surface area contributed by atoms with Gasteiger partial charge in [-0.25, -0.2) is 4.79 Å². The van der Waals surface area contributed by atoms with Gasteiger partial charge in [-0.15, -0.1) is 0 Å². The summed E-state index contributed by atoms with van der Waals surface area (Å²) >= 11 is 0. The van der Waals surface area contributed by atoms with Gasteiger partial charge in [-0.2, -0.15) is 39.5 Å². The number of halogens is 9. The second kappa shape index (κ2) is 9.38. The lowest BCUT2D eigenvalue weighted by atomic mass is 9.78. The number of hydrogen-bond donors (Lipinski definition) is 0. The molecule has 1 atom stereocenters. The maximum atomic E-state index is 13.4. The predicted octanol–water partition coefficient (Wildman–Crippen LogP) is 6.62. The van der Waals surface area contributed by atoms with E-state index in [0.29, 0.717) is 0 Å². The molecule has 0 N–H and O–H groups in total. The summed E-state index contributed by atoms with van der Waals surface area (Å²) in [7, 11) is 0. The number of hydrogen-bond acceptors (Lipinski definition) is 3. The van der Waals surface area contributed by atoms with Crippen LogP contribution in [0.1, 0.15) is 45.6 Å². The standard InChI is InChI=1S/C20H23F9O3/c1-12(16(2,3)4)13-5-7-14(8-6-13)32-11-15(30)31-10-9-17(21,22)18(23,24)19(25,26)20(27,28)29/h5-8,12H,9-11H2,1-4H3. The van der Waals surface area contributed by atoms with Gasteiger partial charge in [0.25, 0.3) is 0 Å². The van der Waals surface area contributed by atoms with Crippen LogP contribution in [0.5, 0.6) is 5.75 Å². The summed E-state index contributed by atoms with van der Waals surface area (Å²) in [6.07, 6.45) is -9.15. The molecule has 0 amide bonds. The third-order valence-electron chi connectivity index (χ3n) is 4.92. The summed E-state index contributed by atoms with van der Waals surface area (Å²) in [5.41, 5.74) is 0.959. The molecule has 0 aliphatic rings. The van der Waals surface area contributed by atoms with Crippen molar-refractivity contribution in [2.24, 2.45) is 5.41 Å². The molecule has 0 radical (unpaired) electrons. The Labute approximate surface area is 178 Å². The van der Waals surface area contributed by atoms with Crippen LogP contribution in [0.25, 0.3) is 0 Å². The summed E-state index contributed by atoms with van der Waals surface area (Å²) in [5.74, 6) is -20.4. The Morgan fingerprint density at radius 3 is 1.81 bits per heavy atom. The van der Waals surface area contributed by atoms with Gasteiger partial charge in [0.2, 0.25) is 0 Å². The minimum atomic E-state index is -6.98. The molecule has 0 fully saturated rings. The summed E-state index contributed by atoms with van der Waals surface area (Å²) in [6, 6.07) is 6.53. The zero-order valence-corrected chi connectivity index (χ0v) is 17.6. The highest BCUT2D eigenvalue weighted by Gasteiger charge is 2.81. The molecule has 1 rings (SSSR count). The first-order chi connectivity index (χ1) is 14.2. The number of carbonyl (C=O) groups excluding carboxylic acids is 1. The van der Waals surface area contributed by atoms with Gasteiger partial charge in [-0.1, -0.05) is 39.8 Å². The second-order valence-corrected chi connectivity index (χ2v) is 8.27. The van der Waals surface area contributed by atoms with E-state index in [0.717, 1.165) is 5.56 Å². The smallest absolute Gasteiger partial charge is 0.460 e. The van der Waals surface area contributed by atoms with Crippen LogP contribution in [0.3, 0.4) is 0 Å². The molecule has 0 bridgehead atoms. The minimum Gasteiger partial charge on any atom is -0.482 e. The van der Waals surface area contributed by atoms with E-state index in [2.05, 4.69) is 4.74 Å². The fourth-order valence-electron chi connectivity index (χ4n) is 2.39. The average Bonchev–Trinajstić information content (AvgIpc) is 2.64. The van der Waals surface area contributed by atoms with Crippen molar-refractivity contribution in [2.45, 2.75) is 64.0 Å². The Kier molecular flexibility index (Phi) is 8.18. The van der Waals surface area contributed by atoms with Crippen LogP contribution in [-0.2, 0) is 9.53 Å². The van der Waals surface area contributed by atoms with Crippen LogP contribution < -0.4 is 4.74 Å². The predicted molar refractivity (Wildman–Crippen MR) is 96.3 cm³/mol. The normalized spacial score (nSPS) is 14.8. The lowest BCUT2D eigenvalue weighted by Crippen LogP contribution is -2.61. The zero-order chi connectivity index (χ0) is 25.2. The fourth-order valence-corrected chi connectivity index (χ4v) is 2.39. The van der Waals surface area contributed by atoms with Crippen molar-refractivity contribution in [2.75, 3.05) is 13.2 Å². The minimum absolute atomic E-state index is 0.0187. The topological polar surface area (TPSA) is 35.5 Å². The molecule has 1 unspecified atom stereocenters. The van der Waals surface area contributed by atoms with Gasteiger partial charge in [0, 0.05) is 0 Å². The maximum absolute atomic E-state index is 13.4. The highest BCUT2D eigenvalue weighted by atomic mass is 19.4. The van der Waals surface area contributed by atoms with Crippen LogP contribution in [0.2, 0.25) is 0 Å². The number of rotatable bonds is 9.